The monoisotopic (exact) mass is 506 g/mol. The van der Waals surface area contributed by atoms with Gasteiger partial charge in [-0.2, -0.15) is 0 Å². The molecule has 3 saturated carbocycles. The average Bonchev–Trinajstić information content (AvgIpc) is 3.04. The SMILES string of the molecule is CC(=O)O[C@H]1CC[C@]2(C)C3CC[C@]4(C)[C@@H]([C@@](C)(O)[C@H](O)CCC(C)(C)O)CC[C@@]4(O)C3=CC(=O)[C@H]2C1. The Morgan fingerprint density at radius 3 is 2.39 bits per heavy atom. The molecule has 7 nitrogen and oxygen atoms in total. The molecule has 0 aliphatic heterocycles. The lowest BCUT2D eigenvalue weighted by Gasteiger charge is -2.60. The van der Waals surface area contributed by atoms with Crippen LogP contribution < -0.4 is 0 Å². The summed E-state index contributed by atoms with van der Waals surface area (Å²) in [5.74, 6) is -0.853. The summed E-state index contributed by atoms with van der Waals surface area (Å²) in [7, 11) is 0. The first kappa shape index (κ1) is 27.7. The molecule has 9 atom stereocenters. The molecule has 36 heavy (non-hydrogen) atoms. The van der Waals surface area contributed by atoms with Crippen molar-refractivity contribution in [3.8, 4) is 0 Å². The maximum Gasteiger partial charge on any atom is 0.302 e. The van der Waals surface area contributed by atoms with Gasteiger partial charge in [0.05, 0.1) is 22.9 Å². The molecule has 0 aromatic heterocycles. The zero-order chi connectivity index (χ0) is 26.9. The summed E-state index contributed by atoms with van der Waals surface area (Å²) in [5, 5.41) is 45.0. The van der Waals surface area contributed by atoms with Crippen LogP contribution in [0.1, 0.15) is 99.3 Å². The van der Waals surface area contributed by atoms with E-state index in [9.17, 15) is 30.0 Å². The van der Waals surface area contributed by atoms with Gasteiger partial charge in [0.1, 0.15) is 6.10 Å². The van der Waals surface area contributed by atoms with Crippen molar-refractivity contribution in [2.45, 2.75) is 128 Å². The number of rotatable bonds is 6. The molecule has 4 rings (SSSR count). The van der Waals surface area contributed by atoms with Crippen LogP contribution in [0, 0.1) is 28.6 Å². The van der Waals surface area contributed by atoms with Gasteiger partial charge in [-0.25, -0.2) is 0 Å². The largest absolute Gasteiger partial charge is 0.463 e. The van der Waals surface area contributed by atoms with E-state index in [1.807, 2.05) is 6.92 Å². The number of aliphatic hydroxyl groups excluding tert-OH is 1. The molecule has 4 aliphatic carbocycles. The molecule has 0 bridgehead atoms. The number of aliphatic hydroxyl groups is 4. The van der Waals surface area contributed by atoms with Crippen LogP contribution in [0.3, 0.4) is 0 Å². The predicted molar refractivity (Wildman–Crippen MR) is 135 cm³/mol. The van der Waals surface area contributed by atoms with Crippen LogP contribution in [0.4, 0.5) is 0 Å². The molecule has 0 spiro atoms. The lowest BCUT2D eigenvalue weighted by atomic mass is 9.46. The third-order valence-corrected chi connectivity index (χ3v) is 10.8. The first-order chi connectivity index (χ1) is 16.5. The van der Waals surface area contributed by atoms with E-state index < -0.39 is 28.3 Å². The molecular formula is C29H46O7. The molecule has 204 valence electrons. The minimum Gasteiger partial charge on any atom is -0.463 e. The highest BCUT2D eigenvalue weighted by Gasteiger charge is 2.68. The molecular weight excluding hydrogens is 460 g/mol. The van der Waals surface area contributed by atoms with Crippen LogP contribution in [-0.4, -0.2) is 61.2 Å². The first-order valence-electron chi connectivity index (χ1n) is 13.7. The zero-order valence-corrected chi connectivity index (χ0v) is 22.8. The van der Waals surface area contributed by atoms with Crippen LogP contribution in [0.2, 0.25) is 0 Å². The van der Waals surface area contributed by atoms with E-state index in [4.69, 9.17) is 4.74 Å². The number of fused-ring (bicyclic) bond motifs is 5. The number of hydrogen-bond acceptors (Lipinski definition) is 7. The van der Waals surface area contributed by atoms with Crippen molar-refractivity contribution in [2.24, 2.45) is 28.6 Å². The number of ketones is 1. The maximum absolute atomic E-state index is 13.5. The molecule has 1 unspecified atom stereocenters. The van der Waals surface area contributed by atoms with Crippen LogP contribution >= 0.6 is 0 Å². The Morgan fingerprint density at radius 2 is 1.78 bits per heavy atom. The van der Waals surface area contributed by atoms with E-state index in [1.165, 1.54) is 6.92 Å². The standard InChI is InChI=1S/C29H46O7/c1-17(30)36-18-7-12-26(4)19-8-13-27(5)23(28(6,34)24(32)10-11-25(2,3)33)9-14-29(27,35)20(19)16-22(31)21(26)15-18/h16,18-19,21,23-24,32-35H,7-15H2,1-6H3/t18-,19?,21+,23-,24+,26+,27+,28+,29+/m0/s1. The highest BCUT2D eigenvalue weighted by atomic mass is 16.5. The Balaban J connectivity index is 1.62. The van der Waals surface area contributed by atoms with Crippen molar-refractivity contribution in [3.05, 3.63) is 11.6 Å². The smallest absolute Gasteiger partial charge is 0.302 e. The Hall–Kier alpha value is -1.28. The lowest BCUT2D eigenvalue weighted by molar-refractivity contribution is -0.174. The summed E-state index contributed by atoms with van der Waals surface area (Å²) < 4.78 is 5.46. The van der Waals surface area contributed by atoms with Crippen molar-refractivity contribution in [1.82, 2.24) is 0 Å². The second-order valence-electron chi connectivity index (χ2n) is 13.6. The van der Waals surface area contributed by atoms with Gasteiger partial charge >= 0.3 is 5.97 Å². The van der Waals surface area contributed by atoms with Crippen LogP contribution in [0.25, 0.3) is 0 Å². The van der Waals surface area contributed by atoms with Gasteiger partial charge in [0.25, 0.3) is 0 Å². The number of carbonyl (C=O) groups is 2. The van der Waals surface area contributed by atoms with Crippen molar-refractivity contribution in [3.63, 3.8) is 0 Å². The molecule has 0 aromatic rings. The Labute approximate surface area is 215 Å². The average molecular weight is 507 g/mol. The van der Waals surface area contributed by atoms with Gasteiger partial charge < -0.3 is 25.2 Å². The van der Waals surface area contributed by atoms with E-state index in [-0.39, 0.29) is 47.4 Å². The number of esters is 1. The molecule has 0 saturated heterocycles. The van der Waals surface area contributed by atoms with Crippen molar-refractivity contribution < 1.29 is 34.8 Å². The fourth-order valence-electron chi connectivity index (χ4n) is 8.60. The van der Waals surface area contributed by atoms with E-state index in [2.05, 4.69) is 6.92 Å². The quantitative estimate of drug-likeness (QED) is 0.407. The summed E-state index contributed by atoms with van der Waals surface area (Å²) in [5.41, 5.74) is -3.80. The van der Waals surface area contributed by atoms with Gasteiger partial charge in [-0.15, -0.1) is 0 Å². The number of carbonyl (C=O) groups excluding carboxylic acids is 2. The van der Waals surface area contributed by atoms with Crippen molar-refractivity contribution in [2.75, 3.05) is 0 Å². The Morgan fingerprint density at radius 1 is 1.11 bits per heavy atom. The molecule has 0 amide bonds. The summed E-state index contributed by atoms with van der Waals surface area (Å²) in [6.07, 6.45) is 5.48. The molecule has 4 aliphatic rings. The van der Waals surface area contributed by atoms with Gasteiger partial charge in [-0.05, 0) is 107 Å². The molecule has 0 aromatic carbocycles. The molecule has 0 radical (unpaired) electrons. The van der Waals surface area contributed by atoms with Crippen LogP contribution in [0.5, 0.6) is 0 Å². The zero-order valence-electron chi connectivity index (χ0n) is 22.8. The highest BCUT2D eigenvalue weighted by Crippen LogP contribution is 2.68. The Kier molecular flexibility index (Phi) is 6.85. The molecule has 3 fully saturated rings. The molecule has 7 heteroatoms. The van der Waals surface area contributed by atoms with Gasteiger partial charge in [0.2, 0.25) is 0 Å². The highest BCUT2D eigenvalue weighted by molar-refractivity contribution is 5.95. The van der Waals surface area contributed by atoms with Gasteiger partial charge in [-0.1, -0.05) is 13.8 Å². The minimum absolute atomic E-state index is 0.00120. The van der Waals surface area contributed by atoms with E-state index >= 15 is 0 Å². The summed E-state index contributed by atoms with van der Waals surface area (Å²) in [4.78, 5) is 25.0. The molecule has 4 N–H and O–H groups in total. The lowest BCUT2D eigenvalue weighted by Crippen LogP contribution is -2.62. The van der Waals surface area contributed by atoms with Gasteiger partial charge in [0, 0.05) is 18.3 Å². The third kappa shape index (κ3) is 4.28. The number of ether oxygens (including phenoxy) is 1. The van der Waals surface area contributed by atoms with Crippen LogP contribution in [-0.2, 0) is 14.3 Å². The van der Waals surface area contributed by atoms with E-state index in [0.29, 0.717) is 38.5 Å². The third-order valence-electron chi connectivity index (χ3n) is 10.8. The second kappa shape index (κ2) is 8.89. The Bertz CT molecular complexity index is 932. The van der Waals surface area contributed by atoms with Gasteiger partial charge in [0.15, 0.2) is 5.78 Å². The fraction of sp³-hybridized carbons (Fsp3) is 0.862. The van der Waals surface area contributed by atoms with E-state index in [1.54, 1.807) is 26.8 Å². The first-order valence-corrected chi connectivity index (χ1v) is 13.7. The van der Waals surface area contributed by atoms with Gasteiger partial charge in [-0.3, -0.25) is 9.59 Å². The van der Waals surface area contributed by atoms with E-state index in [0.717, 1.165) is 18.4 Å². The fourth-order valence-corrected chi connectivity index (χ4v) is 8.60. The predicted octanol–water partition coefficient (Wildman–Crippen LogP) is 3.45. The number of hydrogen-bond donors (Lipinski definition) is 4. The summed E-state index contributed by atoms with van der Waals surface area (Å²) in [6, 6.07) is 0. The topological polar surface area (TPSA) is 124 Å². The van der Waals surface area contributed by atoms with Crippen LogP contribution in [0.15, 0.2) is 11.6 Å². The summed E-state index contributed by atoms with van der Waals surface area (Å²) in [6.45, 7) is 10.6. The maximum atomic E-state index is 13.5. The minimum atomic E-state index is -1.44. The van der Waals surface area contributed by atoms with Crippen molar-refractivity contribution >= 4 is 11.8 Å². The summed E-state index contributed by atoms with van der Waals surface area (Å²) >= 11 is 0. The normalized spacial score (nSPS) is 42.9. The van der Waals surface area contributed by atoms with Crippen molar-refractivity contribution in [1.29, 1.82) is 0 Å². The second-order valence-corrected chi connectivity index (χ2v) is 13.6. The number of allylic oxidation sites excluding steroid dienone is 1. The molecule has 0 heterocycles.